The number of hydrogen-bond acceptors (Lipinski definition) is 3. The number of carbonyl (C=O) groups is 1. The number of benzene rings is 1. The highest BCUT2D eigenvalue weighted by Crippen LogP contribution is 2.29. The number of nitrogens with one attached hydrogen (secondary N) is 1. The molecule has 102 valence electrons. The van der Waals surface area contributed by atoms with E-state index < -0.39 is 0 Å². The Morgan fingerprint density at radius 1 is 1.26 bits per heavy atom. The molecule has 2 aliphatic heterocycles. The molecule has 1 amide bonds. The fourth-order valence-electron chi connectivity index (χ4n) is 2.66. The maximum Gasteiger partial charge on any atom is 0.223 e. The number of rotatable bonds is 4. The smallest absolute Gasteiger partial charge is 0.223 e. The Labute approximate surface area is 113 Å². The molecule has 3 rings (SSSR count). The van der Waals surface area contributed by atoms with Crippen LogP contribution in [0.4, 0.5) is 0 Å². The molecule has 0 aromatic heterocycles. The summed E-state index contributed by atoms with van der Waals surface area (Å²) in [6.45, 7) is 1.38. The highest BCUT2D eigenvalue weighted by atomic mass is 16.5. The molecule has 1 unspecified atom stereocenters. The molecule has 3 atom stereocenters. The third kappa shape index (κ3) is 2.96. The van der Waals surface area contributed by atoms with E-state index in [2.05, 4.69) is 5.32 Å². The second-order valence-electron chi connectivity index (χ2n) is 5.18. The molecule has 2 aliphatic rings. The molecule has 0 bridgehead atoms. The van der Waals surface area contributed by atoms with Crippen molar-refractivity contribution in [3.63, 3.8) is 0 Å². The van der Waals surface area contributed by atoms with Gasteiger partial charge < -0.3 is 14.8 Å². The maximum atomic E-state index is 11.9. The number of carbonyl (C=O) groups excluding carboxylic acids is 1. The Balaban J connectivity index is 1.51. The average Bonchev–Trinajstić information content (AvgIpc) is 2.89. The number of hydrogen-bond donors (Lipinski definition) is 1. The van der Waals surface area contributed by atoms with Crippen LogP contribution in [0.15, 0.2) is 30.3 Å². The van der Waals surface area contributed by atoms with Gasteiger partial charge in [0.15, 0.2) is 0 Å². The van der Waals surface area contributed by atoms with E-state index in [1.54, 1.807) is 0 Å². The molecule has 0 radical (unpaired) electrons. The van der Waals surface area contributed by atoms with Gasteiger partial charge in [0.1, 0.15) is 6.10 Å². The molecular formula is C15H19NO3. The SMILES string of the molecule is O=C(CC1CCCO1)N[C@@H]1CO[C@H]1c1ccccc1. The lowest BCUT2D eigenvalue weighted by Gasteiger charge is -2.37. The summed E-state index contributed by atoms with van der Waals surface area (Å²) >= 11 is 0. The van der Waals surface area contributed by atoms with Gasteiger partial charge in [0, 0.05) is 6.61 Å². The van der Waals surface area contributed by atoms with Crippen LogP contribution >= 0.6 is 0 Å². The maximum absolute atomic E-state index is 11.9. The normalized spacial score (nSPS) is 29.8. The van der Waals surface area contributed by atoms with Gasteiger partial charge >= 0.3 is 0 Å². The molecule has 0 spiro atoms. The summed E-state index contributed by atoms with van der Waals surface area (Å²) in [7, 11) is 0. The van der Waals surface area contributed by atoms with Gasteiger partial charge in [-0.2, -0.15) is 0 Å². The molecule has 2 fully saturated rings. The first-order valence-corrected chi connectivity index (χ1v) is 6.90. The van der Waals surface area contributed by atoms with E-state index in [-0.39, 0.29) is 24.2 Å². The summed E-state index contributed by atoms with van der Waals surface area (Å²) in [6, 6.07) is 10.1. The van der Waals surface area contributed by atoms with E-state index in [4.69, 9.17) is 9.47 Å². The fraction of sp³-hybridized carbons (Fsp3) is 0.533. The monoisotopic (exact) mass is 261 g/mol. The number of amides is 1. The zero-order chi connectivity index (χ0) is 13.1. The van der Waals surface area contributed by atoms with Crippen molar-refractivity contribution in [1.82, 2.24) is 5.32 Å². The zero-order valence-corrected chi connectivity index (χ0v) is 10.9. The molecule has 4 nitrogen and oxygen atoms in total. The van der Waals surface area contributed by atoms with Gasteiger partial charge in [-0.3, -0.25) is 4.79 Å². The van der Waals surface area contributed by atoms with E-state index in [1.807, 2.05) is 30.3 Å². The van der Waals surface area contributed by atoms with E-state index in [0.717, 1.165) is 25.0 Å². The van der Waals surface area contributed by atoms with Crippen molar-refractivity contribution < 1.29 is 14.3 Å². The minimum absolute atomic E-state index is 0.00496. The molecule has 0 aliphatic carbocycles. The Bertz CT molecular complexity index is 428. The van der Waals surface area contributed by atoms with Crippen molar-refractivity contribution in [3.05, 3.63) is 35.9 Å². The zero-order valence-electron chi connectivity index (χ0n) is 10.9. The molecule has 2 heterocycles. The van der Waals surface area contributed by atoms with Crippen LogP contribution < -0.4 is 5.32 Å². The van der Waals surface area contributed by atoms with Crippen molar-refractivity contribution in [1.29, 1.82) is 0 Å². The van der Waals surface area contributed by atoms with Crippen LogP contribution in [0.25, 0.3) is 0 Å². The molecule has 4 heteroatoms. The van der Waals surface area contributed by atoms with Crippen LogP contribution in [0.2, 0.25) is 0 Å². The highest BCUT2D eigenvalue weighted by Gasteiger charge is 2.35. The van der Waals surface area contributed by atoms with Gasteiger partial charge in [-0.15, -0.1) is 0 Å². The highest BCUT2D eigenvalue weighted by molar-refractivity contribution is 5.77. The molecule has 1 aromatic carbocycles. The van der Waals surface area contributed by atoms with Crippen molar-refractivity contribution in [2.75, 3.05) is 13.2 Å². The van der Waals surface area contributed by atoms with Crippen molar-refractivity contribution in [2.45, 2.75) is 37.5 Å². The first-order chi connectivity index (χ1) is 9.33. The van der Waals surface area contributed by atoms with Gasteiger partial charge in [-0.1, -0.05) is 30.3 Å². The number of ether oxygens (including phenoxy) is 2. The topological polar surface area (TPSA) is 47.6 Å². The molecule has 19 heavy (non-hydrogen) atoms. The van der Waals surface area contributed by atoms with Crippen molar-refractivity contribution in [2.24, 2.45) is 0 Å². The second-order valence-corrected chi connectivity index (χ2v) is 5.18. The van der Waals surface area contributed by atoms with E-state index >= 15 is 0 Å². The lowest BCUT2D eigenvalue weighted by atomic mass is 9.98. The van der Waals surface area contributed by atoms with Gasteiger partial charge in [0.2, 0.25) is 5.91 Å². The first kappa shape index (κ1) is 12.6. The van der Waals surface area contributed by atoms with Crippen LogP contribution in [0.1, 0.15) is 30.9 Å². The van der Waals surface area contributed by atoms with Crippen LogP contribution in [0, 0.1) is 0 Å². The van der Waals surface area contributed by atoms with Crippen LogP contribution in [-0.2, 0) is 14.3 Å². The third-order valence-electron chi connectivity index (χ3n) is 3.73. The molecule has 1 N–H and O–H groups in total. The third-order valence-corrected chi connectivity index (χ3v) is 3.73. The standard InChI is InChI=1S/C15H19NO3/c17-14(9-12-7-4-8-18-12)16-13-10-19-15(13)11-5-2-1-3-6-11/h1-3,5-6,12-13,15H,4,7-10H2,(H,16,17)/t12?,13-,15+/m1/s1. The average molecular weight is 261 g/mol. The van der Waals surface area contributed by atoms with E-state index in [1.165, 1.54) is 0 Å². The van der Waals surface area contributed by atoms with Gasteiger partial charge in [-0.05, 0) is 18.4 Å². The fourth-order valence-corrected chi connectivity index (χ4v) is 2.66. The summed E-state index contributed by atoms with van der Waals surface area (Å²) in [5.74, 6) is 0.0705. The second kappa shape index (κ2) is 5.72. The van der Waals surface area contributed by atoms with Gasteiger partial charge in [-0.25, -0.2) is 0 Å². The summed E-state index contributed by atoms with van der Waals surface area (Å²) in [4.78, 5) is 11.9. The molecule has 0 saturated carbocycles. The predicted molar refractivity (Wildman–Crippen MR) is 70.7 cm³/mol. The van der Waals surface area contributed by atoms with E-state index in [0.29, 0.717) is 13.0 Å². The summed E-state index contributed by atoms with van der Waals surface area (Å²) < 4.78 is 11.0. The van der Waals surface area contributed by atoms with Gasteiger partial charge in [0.25, 0.3) is 0 Å². The Hall–Kier alpha value is -1.39. The summed E-state index contributed by atoms with van der Waals surface area (Å²) in [6.07, 6.45) is 2.64. The minimum atomic E-state index is -0.00496. The van der Waals surface area contributed by atoms with Crippen molar-refractivity contribution in [3.8, 4) is 0 Å². The summed E-state index contributed by atoms with van der Waals surface area (Å²) in [5, 5.41) is 3.05. The largest absolute Gasteiger partial charge is 0.378 e. The van der Waals surface area contributed by atoms with Crippen LogP contribution in [0.5, 0.6) is 0 Å². The van der Waals surface area contributed by atoms with Crippen LogP contribution in [0.3, 0.4) is 0 Å². The molecule has 2 saturated heterocycles. The molecule has 1 aromatic rings. The van der Waals surface area contributed by atoms with Crippen LogP contribution in [-0.4, -0.2) is 31.3 Å². The lowest BCUT2D eigenvalue weighted by molar-refractivity contribution is -0.134. The first-order valence-electron chi connectivity index (χ1n) is 6.90. The Morgan fingerprint density at radius 2 is 2.11 bits per heavy atom. The minimum Gasteiger partial charge on any atom is -0.378 e. The predicted octanol–water partition coefficient (Wildman–Crippen LogP) is 1.81. The van der Waals surface area contributed by atoms with E-state index in [9.17, 15) is 4.79 Å². The Kier molecular flexibility index (Phi) is 3.80. The molecular weight excluding hydrogens is 242 g/mol. The van der Waals surface area contributed by atoms with Gasteiger partial charge in [0.05, 0.1) is 25.2 Å². The van der Waals surface area contributed by atoms with Crippen molar-refractivity contribution >= 4 is 5.91 Å². The quantitative estimate of drug-likeness (QED) is 0.899. The summed E-state index contributed by atoms with van der Waals surface area (Å²) in [5.41, 5.74) is 1.12. The Morgan fingerprint density at radius 3 is 2.74 bits per heavy atom. The lowest BCUT2D eigenvalue weighted by Crippen LogP contribution is -2.51.